The summed E-state index contributed by atoms with van der Waals surface area (Å²) in [6.07, 6.45) is 5.62. The lowest BCUT2D eigenvalue weighted by Crippen LogP contribution is -2.56. The van der Waals surface area contributed by atoms with E-state index in [0.717, 1.165) is 5.92 Å². The fraction of sp³-hybridized carbons (Fsp3) is 1.00. The Kier molecular flexibility index (Phi) is 3.57. The summed E-state index contributed by atoms with van der Waals surface area (Å²) in [5.74, 6) is 0.857. The van der Waals surface area contributed by atoms with Gasteiger partial charge in [0.1, 0.15) is 0 Å². The Balaban J connectivity index is 2.25. The number of rotatable bonds is 5. The van der Waals surface area contributed by atoms with E-state index < -0.39 is 0 Å². The summed E-state index contributed by atoms with van der Waals surface area (Å²) < 4.78 is 0. The number of nitrogens with one attached hydrogen (secondary N) is 1. The fourth-order valence-corrected chi connectivity index (χ4v) is 2.05. The molecule has 1 aliphatic rings. The third kappa shape index (κ3) is 2.01. The summed E-state index contributed by atoms with van der Waals surface area (Å²) in [4.78, 5) is 0. The van der Waals surface area contributed by atoms with E-state index in [1.807, 2.05) is 0 Å². The lowest BCUT2D eigenvalue weighted by molar-refractivity contribution is 0.0837. The van der Waals surface area contributed by atoms with Crippen LogP contribution in [-0.4, -0.2) is 13.1 Å². The molecule has 1 saturated heterocycles. The van der Waals surface area contributed by atoms with Crippen LogP contribution in [0.1, 0.15) is 46.5 Å². The summed E-state index contributed by atoms with van der Waals surface area (Å²) in [5.41, 5.74) is 0.662. The van der Waals surface area contributed by atoms with E-state index in [2.05, 4.69) is 26.1 Å². The van der Waals surface area contributed by atoms with Crippen molar-refractivity contribution in [3.05, 3.63) is 0 Å². The third-order valence-corrected chi connectivity index (χ3v) is 3.46. The van der Waals surface area contributed by atoms with Gasteiger partial charge in [-0.3, -0.25) is 0 Å². The second-order valence-electron chi connectivity index (χ2n) is 4.58. The van der Waals surface area contributed by atoms with Crippen LogP contribution in [0.15, 0.2) is 0 Å². The van der Waals surface area contributed by atoms with Gasteiger partial charge in [-0.15, -0.1) is 0 Å². The van der Waals surface area contributed by atoms with E-state index in [9.17, 15) is 0 Å². The first kappa shape index (κ1) is 10.0. The number of hydrogen-bond donors (Lipinski definition) is 1. The van der Waals surface area contributed by atoms with E-state index in [0.29, 0.717) is 5.41 Å². The summed E-state index contributed by atoms with van der Waals surface area (Å²) in [7, 11) is 0. The van der Waals surface area contributed by atoms with Crippen LogP contribution in [0.2, 0.25) is 0 Å². The maximum Gasteiger partial charge on any atom is 0.00227 e. The Morgan fingerprint density at radius 1 is 1.25 bits per heavy atom. The molecule has 0 amide bonds. The first-order chi connectivity index (χ1) is 5.71. The molecule has 0 aromatic heterocycles. The van der Waals surface area contributed by atoms with Crippen LogP contribution in [0.4, 0.5) is 0 Å². The maximum absolute atomic E-state index is 3.41. The average Bonchev–Trinajstić information content (AvgIpc) is 1.94. The second kappa shape index (κ2) is 4.27. The Morgan fingerprint density at radius 2 is 1.92 bits per heavy atom. The van der Waals surface area contributed by atoms with Crippen molar-refractivity contribution in [3.8, 4) is 0 Å². The zero-order valence-corrected chi connectivity index (χ0v) is 8.82. The normalized spacial score (nSPS) is 21.0. The second-order valence-corrected chi connectivity index (χ2v) is 4.58. The molecule has 0 unspecified atom stereocenters. The predicted octanol–water partition coefficient (Wildman–Crippen LogP) is 2.81. The van der Waals surface area contributed by atoms with Gasteiger partial charge in [0, 0.05) is 13.1 Å². The van der Waals surface area contributed by atoms with Gasteiger partial charge in [0.05, 0.1) is 0 Å². The van der Waals surface area contributed by atoms with E-state index >= 15 is 0 Å². The van der Waals surface area contributed by atoms with Crippen LogP contribution in [0.3, 0.4) is 0 Å². The van der Waals surface area contributed by atoms with Gasteiger partial charge in [-0.05, 0) is 17.8 Å². The van der Waals surface area contributed by atoms with Gasteiger partial charge < -0.3 is 5.32 Å². The molecule has 1 N–H and O–H groups in total. The monoisotopic (exact) mass is 169 g/mol. The Hall–Kier alpha value is -0.0400. The van der Waals surface area contributed by atoms with Crippen LogP contribution >= 0.6 is 0 Å². The van der Waals surface area contributed by atoms with Gasteiger partial charge in [0.15, 0.2) is 0 Å². The highest BCUT2D eigenvalue weighted by atomic mass is 15.0. The molecular weight excluding hydrogens is 146 g/mol. The fourth-order valence-electron chi connectivity index (χ4n) is 2.05. The van der Waals surface area contributed by atoms with Crippen LogP contribution in [-0.2, 0) is 0 Å². The third-order valence-electron chi connectivity index (χ3n) is 3.46. The van der Waals surface area contributed by atoms with Crippen molar-refractivity contribution >= 4 is 0 Å². The Labute approximate surface area is 76.9 Å². The predicted molar refractivity (Wildman–Crippen MR) is 54.3 cm³/mol. The summed E-state index contributed by atoms with van der Waals surface area (Å²) in [5, 5.41) is 3.41. The molecular formula is C11H23N. The molecule has 1 heterocycles. The highest BCUT2D eigenvalue weighted by Gasteiger charge is 2.38. The summed E-state index contributed by atoms with van der Waals surface area (Å²) in [6, 6.07) is 0. The van der Waals surface area contributed by atoms with Crippen molar-refractivity contribution in [3.63, 3.8) is 0 Å². The quantitative estimate of drug-likeness (QED) is 0.624. The summed E-state index contributed by atoms with van der Waals surface area (Å²) >= 11 is 0. The molecule has 1 rings (SSSR count). The van der Waals surface area contributed by atoms with Gasteiger partial charge in [0.2, 0.25) is 0 Å². The number of unbranched alkanes of at least 4 members (excludes halogenated alkanes) is 2. The van der Waals surface area contributed by atoms with Gasteiger partial charge in [-0.2, -0.15) is 0 Å². The molecule has 1 nitrogen and oxygen atoms in total. The van der Waals surface area contributed by atoms with Crippen LogP contribution < -0.4 is 5.32 Å². The van der Waals surface area contributed by atoms with Gasteiger partial charge >= 0.3 is 0 Å². The Morgan fingerprint density at radius 3 is 2.25 bits per heavy atom. The number of hydrogen-bond acceptors (Lipinski definition) is 1. The SMILES string of the molecule is CCCCCC1(C(C)C)CNC1. The van der Waals surface area contributed by atoms with E-state index in [-0.39, 0.29) is 0 Å². The molecule has 0 aromatic carbocycles. The molecule has 0 radical (unpaired) electrons. The molecule has 0 atom stereocenters. The van der Waals surface area contributed by atoms with Crippen LogP contribution in [0.5, 0.6) is 0 Å². The van der Waals surface area contributed by atoms with Gasteiger partial charge in [-0.25, -0.2) is 0 Å². The van der Waals surface area contributed by atoms with Crippen molar-refractivity contribution in [2.45, 2.75) is 46.5 Å². The standard InChI is InChI=1S/C11H23N/c1-4-5-6-7-11(10(2)3)8-12-9-11/h10,12H,4-9H2,1-3H3. The minimum atomic E-state index is 0.662. The Bertz CT molecular complexity index is 125. The minimum Gasteiger partial charge on any atom is -0.316 e. The van der Waals surface area contributed by atoms with E-state index in [4.69, 9.17) is 0 Å². The molecule has 0 aliphatic carbocycles. The zero-order valence-electron chi connectivity index (χ0n) is 8.82. The van der Waals surface area contributed by atoms with E-state index in [1.165, 1.54) is 38.8 Å². The molecule has 12 heavy (non-hydrogen) atoms. The summed E-state index contributed by atoms with van der Waals surface area (Å²) in [6.45, 7) is 9.53. The molecule has 0 aromatic rings. The topological polar surface area (TPSA) is 12.0 Å². The molecule has 0 saturated carbocycles. The van der Waals surface area contributed by atoms with Crippen molar-refractivity contribution < 1.29 is 0 Å². The zero-order chi connectivity index (χ0) is 9.03. The molecule has 72 valence electrons. The molecule has 1 fully saturated rings. The molecule has 0 bridgehead atoms. The first-order valence-corrected chi connectivity index (χ1v) is 5.42. The average molecular weight is 169 g/mol. The maximum atomic E-state index is 3.41. The van der Waals surface area contributed by atoms with Crippen molar-refractivity contribution in [2.24, 2.45) is 11.3 Å². The molecule has 1 heteroatoms. The smallest absolute Gasteiger partial charge is 0.00227 e. The van der Waals surface area contributed by atoms with Crippen molar-refractivity contribution in [1.29, 1.82) is 0 Å². The van der Waals surface area contributed by atoms with Crippen molar-refractivity contribution in [1.82, 2.24) is 5.32 Å². The molecule has 1 aliphatic heterocycles. The van der Waals surface area contributed by atoms with Gasteiger partial charge in [-0.1, -0.05) is 40.0 Å². The highest BCUT2D eigenvalue weighted by Crippen LogP contribution is 2.37. The van der Waals surface area contributed by atoms with Crippen LogP contribution in [0.25, 0.3) is 0 Å². The van der Waals surface area contributed by atoms with Crippen LogP contribution in [0, 0.1) is 11.3 Å². The largest absolute Gasteiger partial charge is 0.316 e. The first-order valence-electron chi connectivity index (χ1n) is 5.42. The lowest BCUT2D eigenvalue weighted by atomic mass is 9.69. The minimum absolute atomic E-state index is 0.662. The lowest BCUT2D eigenvalue weighted by Gasteiger charge is -2.46. The van der Waals surface area contributed by atoms with E-state index in [1.54, 1.807) is 0 Å². The molecule has 0 spiro atoms. The van der Waals surface area contributed by atoms with Crippen molar-refractivity contribution in [2.75, 3.05) is 13.1 Å². The highest BCUT2D eigenvalue weighted by molar-refractivity contribution is 4.94. The van der Waals surface area contributed by atoms with Gasteiger partial charge in [0.25, 0.3) is 0 Å².